The summed E-state index contributed by atoms with van der Waals surface area (Å²) in [6.45, 7) is 1.83. The highest BCUT2D eigenvalue weighted by Crippen LogP contribution is 2.12. The van der Waals surface area contributed by atoms with Gasteiger partial charge in [-0.05, 0) is 13.0 Å². The third-order valence-electron chi connectivity index (χ3n) is 2.64. The first-order valence-electron chi connectivity index (χ1n) is 6.20. The number of amides is 2. The van der Waals surface area contributed by atoms with Crippen LogP contribution in [0.5, 0.6) is 0 Å². The first kappa shape index (κ1) is 15.6. The summed E-state index contributed by atoms with van der Waals surface area (Å²) in [7, 11) is 0. The van der Waals surface area contributed by atoms with Gasteiger partial charge in [0.05, 0.1) is 22.0 Å². The molecule has 0 spiro atoms. The van der Waals surface area contributed by atoms with Gasteiger partial charge in [-0.3, -0.25) is 30.6 Å². The van der Waals surface area contributed by atoms with Crippen molar-refractivity contribution in [2.45, 2.75) is 13.3 Å². The van der Waals surface area contributed by atoms with Crippen LogP contribution in [0, 0.1) is 17.0 Å². The maximum absolute atomic E-state index is 11.8. The van der Waals surface area contributed by atoms with E-state index in [1.807, 2.05) is 6.92 Å². The molecule has 0 fully saturated rings. The Morgan fingerprint density at radius 2 is 2.14 bits per heavy atom. The van der Waals surface area contributed by atoms with Gasteiger partial charge in [0.2, 0.25) is 5.91 Å². The van der Waals surface area contributed by atoms with Crippen molar-refractivity contribution < 1.29 is 14.5 Å². The van der Waals surface area contributed by atoms with Crippen LogP contribution in [-0.2, 0) is 11.2 Å². The average molecular weight is 320 g/mol. The number of rotatable bonds is 4. The van der Waals surface area contributed by atoms with Crippen LogP contribution in [0.15, 0.2) is 29.6 Å². The van der Waals surface area contributed by atoms with Gasteiger partial charge in [0.15, 0.2) is 0 Å². The number of aryl methyl sites for hydroxylation is 1. The summed E-state index contributed by atoms with van der Waals surface area (Å²) >= 11 is 1.43. The van der Waals surface area contributed by atoms with E-state index in [4.69, 9.17) is 0 Å². The molecule has 0 saturated heterocycles. The molecule has 9 heteroatoms. The molecule has 0 bridgehead atoms. The Kier molecular flexibility index (Phi) is 4.79. The molecule has 2 rings (SSSR count). The summed E-state index contributed by atoms with van der Waals surface area (Å²) in [6.07, 6.45) is 0.0412. The van der Waals surface area contributed by atoms with Crippen LogP contribution < -0.4 is 10.9 Å². The van der Waals surface area contributed by atoms with Gasteiger partial charge in [-0.15, -0.1) is 11.3 Å². The minimum absolute atomic E-state index is 0.0412. The fourth-order valence-electron chi connectivity index (χ4n) is 1.66. The SMILES string of the molecule is Cc1nc(CC(=O)NNC(=O)c2cccc([N+](=O)[O-])c2)cs1. The standard InChI is InChI=1S/C13H12N4O4S/c1-8-14-10(7-22-8)6-12(18)15-16-13(19)9-3-2-4-11(5-9)17(20)21/h2-5,7H,6H2,1H3,(H,15,18)(H,16,19). The molecule has 1 heterocycles. The number of nitro groups is 1. The highest BCUT2D eigenvalue weighted by atomic mass is 32.1. The van der Waals surface area contributed by atoms with Crippen molar-refractivity contribution in [3.8, 4) is 0 Å². The Morgan fingerprint density at radius 1 is 1.36 bits per heavy atom. The number of nitrogens with zero attached hydrogens (tertiary/aromatic N) is 2. The van der Waals surface area contributed by atoms with E-state index < -0.39 is 16.7 Å². The van der Waals surface area contributed by atoms with Crippen molar-refractivity contribution in [2.24, 2.45) is 0 Å². The van der Waals surface area contributed by atoms with E-state index in [0.29, 0.717) is 5.69 Å². The van der Waals surface area contributed by atoms with Gasteiger partial charge in [0.1, 0.15) is 0 Å². The molecule has 2 aromatic rings. The molecule has 0 radical (unpaired) electrons. The lowest BCUT2D eigenvalue weighted by molar-refractivity contribution is -0.384. The number of benzene rings is 1. The Bertz CT molecular complexity index is 728. The van der Waals surface area contributed by atoms with Gasteiger partial charge in [-0.25, -0.2) is 4.98 Å². The molecule has 1 aromatic carbocycles. The number of thiazole rings is 1. The first-order chi connectivity index (χ1) is 10.5. The number of carbonyl (C=O) groups excluding carboxylic acids is 2. The molecule has 0 atom stereocenters. The van der Waals surface area contributed by atoms with E-state index in [1.54, 1.807) is 5.38 Å². The zero-order chi connectivity index (χ0) is 16.1. The van der Waals surface area contributed by atoms with Crippen LogP contribution in [0.2, 0.25) is 0 Å². The predicted molar refractivity (Wildman–Crippen MR) is 79.3 cm³/mol. The fourth-order valence-corrected chi connectivity index (χ4v) is 2.27. The average Bonchev–Trinajstić information content (AvgIpc) is 2.90. The van der Waals surface area contributed by atoms with Crippen LogP contribution >= 0.6 is 11.3 Å². The smallest absolute Gasteiger partial charge is 0.270 e. The third kappa shape index (κ3) is 4.09. The van der Waals surface area contributed by atoms with Crippen molar-refractivity contribution in [3.05, 3.63) is 56.0 Å². The Labute approximate surface area is 129 Å². The summed E-state index contributed by atoms with van der Waals surface area (Å²) in [5, 5.41) is 13.3. The molecule has 0 saturated carbocycles. The zero-order valence-corrected chi connectivity index (χ0v) is 12.3. The number of aromatic nitrogens is 1. The molecular formula is C13H12N4O4S. The highest BCUT2D eigenvalue weighted by Gasteiger charge is 2.12. The van der Waals surface area contributed by atoms with E-state index in [2.05, 4.69) is 15.8 Å². The molecular weight excluding hydrogens is 308 g/mol. The lowest BCUT2D eigenvalue weighted by Crippen LogP contribution is -2.42. The monoisotopic (exact) mass is 320 g/mol. The Balaban J connectivity index is 1.90. The number of nitrogens with one attached hydrogen (secondary N) is 2. The zero-order valence-electron chi connectivity index (χ0n) is 11.5. The minimum atomic E-state index is -0.633. The number of nitro benzene ring substituents is 1. The lowest BCUT2D eigenvalue weighted by Gasteiger charge is -2.06. The molecule has 2 N–H and O–H groups in total. The summed E-state index contributed by atoms with van der Waals surface area (Å²) < 4.78 is 0. The van der Waals surface area contributed by atoms with E-state index in [0.717, 1.165) is 11.1 Å². The molecule has 2 amide bonds. The van der Waals surface area contributed by atoms with Crippen LogP contribution in [0.1, 0.15) is 21.1 Å². The quantitative estimate of drug-likeness (QED) is 0.652. The molecule has 0 aliphatic carbocycles. The largest absolute Gasteiger partial charge is 0.273 e. The van der Waals surface area contributed by atoms with Crippen LogP contribution in [-0.4, -0.2) is 21.7 Å². The fraction of sp³-hybridized carbons (Fsp3) is 0.154. The normalized spacial score (nSPS) is 10.0. The van der Waals surface area contributed by atoms with Crippen molar-refractivity contribution in [2.75, 3.05) is 0 Å². The predicted octanol–water partition coefficient (Wildman–Crippen LogP) is 1.36. The summed E-state index contributed by atoms with van der Waals surface area (Å²) in [5.41, 5.74) is 4.95. The Morgan fingerprint density at radius 3 is 2.77 bits per heavy atom. The first-order valence-corrected chi connectivity index (χ1v) is 7.08. The number of hydrazine groups is 1. The molecule has 22 heavy (non-hydrogen) atoms. The summed E-state index contributed by atoms with van der Waals surface area (Å²) in [5.74, 6) is -1.06. The van der Waals surface area contributed by atoms with Crippen molar-refractivity contribution in [1.82, 2.24) is 15.8 Å². The third-order valence-corrected chi connectivity index (χ3v) is 3.47. The van der Waals surface area contributed by atoms with E-state index in [9.17, 15) is 19.7 Å². The van der Waals surface area contributed by atoms with Gasteiger partial charge >= 0.3 is 0 Å². The van der Waals surface area contributed by atoms with Gasteiger partial charge in [0.25, 0.3) is 11.6 Å². The van der Waals surface area contributed by atoms with Gasteiger partial charge in [0, 0.05) is 23.1 Å². The number of non-ortho nitro benzene ring substituents is 1. The Hall–Kier alpha value is -2.81. The maximum Gasteiger partial charge on any atom is 0.270 e. The van der Waals surface area contributed by atoms with Crippen molar-refractivity contribution in [3.63, 3.8) is 0 Å². The summed E-state index contributed by atoms with van der Waals surface area (Å²) in [4.78, 5) is 37.7. The van der Waals surface area contributed by atoms with E-state index >= 15 is 0 Å². The van der Waals surface area contributed by atoms with Gasteiger partial charge in [-0.2, -0.15) is 0 Å². The second-order valence-corrected chi connectivity index (χ2v) is 5.41. The van der Waals surface area contributed by atoms with Crippen LogP contribution in [0.25, 0.3) is 0 Å². The molecule has 0 aliphatic heterocycles. The highest BCUT2D eigenvalue weighted by molar-refractivity contribution is 7.09. The van der Waals surface area contributed by atoms with Crippen molar-refractivity contribution in [1.29, 1.82) is 0 Å². The summed E-state index contributed by atoms with van der Waals surface area (Å²) in [6, 6.07) is 5.22. The van der Waals surface area contributed by atoms with Crippen LogP contribution in [0.3, 0.4) is 0 Å². The lowest BCUT2D eigenvalue weighted by atomic mass is 10.2. The second-order valence-electron chi connectivity index (χ2n) is 4.34. The second kappa shape index (κ2) is 6.76. The molecule has 8 nitrogen and oxygen atoms in total. The van der Waals surface area contributed by atoms with E-state index in [1.165, 1.54) is 29.5 Å². The van der Waals surface area contributed by atoms with Gasteiger partial charge in [-0.1, -0.05) is 6.07 Å². The molecule has 1 aromatic heterocycles. The maximum atomic E-state index is 11.8. The molecule has 0 unspecified atom stereocenters. The number of hydrogen-bond donors (Lipinski definition) is 2. The van der Waals surface area contributed by atoms with Gasteiger partial charge < -0.3 is 0 Å². The number of carbonyl (C=O) groups is 2. The minimum Gasteiger partial charge on any atom is -0.273 e. The molecule has 0 aliphatic rings. The van der Waals surface area contributed by atoms with Crippen LogP contribution in [0.4, 0.5) is 5.69 Å². The molecule has 114 valence electrons. The topological polar surface area (TPSA) is 114 Å². The van der Waals surface area contributed by atoms with Crippen molar-refractivity contribution >= 4 is 28.8 Å². The van der Waals surface area contributed by atoms with E-state index in [-0.39, 0.29) is 17.7 Å². The number of hydrogen-bond acceptors (Lipinski definition) is 6.